The average molecular weight is 443 g/mol. The fourth-order valence-corrected chi connectivity index (χ4v) is 4.21. The SMILES string of the molecule is Cc1ccc(C(=O)/C=C/c2ccc(N3N=C(c4ccccc4)C[C@@H]3c3ccccc3)cc2)cc1. The maximum Gasteiger partial charge on any atom is 0.185 e. The molecule has 1 atom stereocenters. The van der Waals surface area contributed by atoms with Gasteiger partial charge in [-0.1, -0.05) is 109 Å². The van der Waals surface area contributed by atoms with Gasteiger partial charge in [-0.2, -0.15) is 5.10 Å². The van der Waals surface area contributed by atoms with Crippen LogP contribution in [-0.2, 0) is 0 Å². The lowest BCUT2D eigenvalue weighted by atomic mass is 9.98. The van der Waals surface area contributed by atoms with Gasteiger partial charge in [0.25, 0.3) is 0 Å². The molecule has 0 aromatic heterocycles. The van der Waals surface area contributed by atoms with Gasteiger partial charge in [0.2, 0.25) is 0 Å². The largest absolute Gasteiger partial charge is 0.289 e. The number of allylic oxidation sites excluding steroid dienone is 1. The molecular weight excluding hydrogens is 416 g/mol. The van der Waals surface area contributed by atoms with Crippen molar-refractivity contribution in [3.8, 4) is 0 Å². The number of aryl methyl sites for hydroxylation is 1. The Hall–Kier alpha value is -4.24. The van der Waals surface area contributed by atoms with Crippen LogP contribution in [0.1, 0.15) is 45.1 Å². The molecule has 1 aliphatic heterocycles. The van der Waals surface area contributed by atoms with Crippen molar-refractivity contribution < 1.29 is 4.79 Å². The lowest BCUT2D eigenvalue weighted by molar-refractivity contribution is 0.104. The number of ketones is 1. The van der Waals surface area contributed by atoms with Gasteiger partial charge in [0.05, 0.1) is 17.4 Å². The van der Waals surface area contributed by atoms with E-state index in [1.54, 1.807) is 6.08 Å². The van der Waals surface area contributed by atoms with Crippen molar-refractivity contribution >= 4 is 23.3 Å². The van der Waals surface area contributed by atoms with E-state index in [0.29, 0.717) is 5.56 Å². The average Bonchev–Trinajstić information content (AvgIpc) is 3.35. The Labute approximate surface area is 200 Å². The maximum absolute atomic E-state index is 12.5. The molecule has 0 N–H and O–H groups in total. The summed E-state index contributed by atoms with van der Waals surface area (Å²) >= 11 is 0. The number of benzene rings is 4. The molecule has 0 bridgehead atoms. The van der Waals surface area contributed by atoms with Gasteiger partial charge in [-0.3, -0.25) is 9.80 Å². The van der Waals surface area contributed by atoms with Crippen molar-refractivity contribution in [3.63, 3.8) is 0 Å². The van der Waals surface area contributed by atoms with Crippen LogP contribution in [0, 0.1) is 6.92 Å². The molecular formula is C31H26N2O. The Balaban J connectivity index is 1.39. The lowest BCUT2D eigenvalue weighted by Crippen LogP contribution is -2.18. The van der Waals surface area contributed by atoms with E-state index < -0.39 is 0 Å². The minimum Gasteiger partial charge on any atom is -0.289 e. The normalized spacial score (nSPS) is 15.5. The Kier molecular flexibility index (Phi) is 6.17. The first-order valence-electron chi connectivity index (χ1n) is 11.5. The maximum atomic E-state index is 12.5. The van der Waals surface area contributed by atoms with E-state index in [-0.39, 0.29) is 11.8 Å². The molecule has 3 nitrogen and oxygen atoms in total. The minimum absolute atomic E-state index is 0.00450. The van der Waals surface area contributed by atoms with Gasteiger partial charge < -0.3 is 0 Å². The topological polar surface area (TPSA) is 32.7 Å². The summed E-state index contributed by atoms with van der Waals surface area (Å²) in [7, 11) is 0. The van der Waals surface area contributed by atoms with Crippen molar-refractivity contribution in [2.75, 3.05) is 5.01 Å². The summed E-state index contributed by atoms with van der Waals surface area (Å²) in [5, 5.41) is 7.13. The molecule has 4 aromatic carbocycles. The van der Waals surface area contributed by atoms with Crippen LogP contribution in [0.4, 0.5) is 5.69 Å². The van der Waals surface area contributed by atoms with Crippen LogP contribution in [0.3, 0.4) is 0 Å². The molecule has 1 aliphatic rings. The number of hydrogen-bond acceptors (Lipinski definition) is 3. The zero-order valence-corrected chi connectivity index (χ0v) is 19.1. The summed E-state index contributed by atoms with van der Waals surface area (Å²) in [4.78, 5) is 12.5. The van der Waals surface area contributed by atoms with Gasteiger partial charge in [-0.05, 0) is 41.8 Å². The van der Waals surface area contributed by atoms with Crippen molar-refractivity contribution in [3.05, 3.63) is 143 Å². The van der Waals surface area contributed by atoms with Crippen molar-refractivity contribution in [1.82, 2.24) is 0 Å². The van der Waals surface area contributed by atoms with E-state index in [9.17, 15) is 4.79 Å². The Morgan fingerprint density at radius 1 is 0.824 bits per heavy atom. The molecule has 0 amide bonds. The summed E-state index contributed by atoms with van der Waals surface area (Å²) in [6.07, 6.45) is 4.35. The number of carbonyl (C=O) groups excluding carboxylic acids is 1. The van der Waals surface area contributed by atoms with Gasteiger partial charge >= 0.3 is 0 Å². The fraction of sp³-hybridized carbons (Fsp3) is 0.0968. The van der Waals surface area contributed by atoms with Gasteiger partial charge in [0.1, 0.15) is 0 Å². The summed E-state index contributed by atoms with van der Waals surface area (Å²) in [5.41, 5.74) is 7.33. The second-order valence-corrected chi connectivity index (χ2v) is 8.54. The highest BCUT2D eigenvalue weighted by Crippen LogP contribution is 2.36. The lowest BCUT2D eigenvalue weighted by Gasteiger charge is -2.24. The monoisotopic (exact) mass is 442 g/mol. The first-order valence-corrected chi connectivity index (χ1v) is 11.5. The molecule has 0 spiro atoms. The number of nitrogens with zero attached hydrogens (tertiary/aromatic N) is 2. The molecule has 1 heterocycles. The minimum atomic E-state index is 0.00450. The van der Waals surface area contributed by atoms with E-state index in [4.69, 9.17) is 5.10 Å². The number of carbonyl (C=O) groups is 1. The highest BCUT2D eigenvalue weighted by molar-refractivity contribution is 6.07. The number of anilines is 1. The molecule has 4 aromatic rings. The summed E-state index contributed by atoms with van der Waals surface area (Å²) in [6.45, 7) is 2.02. The van der Waals surface area contributed by atoms with Crippen molar-refractivity contribution in [2.24, 2.45) is 5.10 Å². The molecule has 0 unspecified atom stereocenters. The Morgan fingerprint density at radius 2 is 1.47 bits per heavy atom. The number of hydrazone groups is 1. The Morgan fingerprint density at radius 3 is 2.15 bits per heavy atom. The van der Waals surface area contributed by atoms with Gasteiger partial charge in [0, 0.05) is 12.0 Å². The summed E-state index contributed by atoms with van der Waals surface area (Å²) < 4.78 is 0. The molecule has 0 fully saturated rings. The predicted molar refractivity (Wildman–Crippen MR) is 140 cm³/mol. The first-order chi connectivity index (χ1) is 16.7. The number of hydrogen-bond donors (Lipinski definition) is 0. The van der Waals surface area contributed by atoms with Gasteiger partial charge in [-0.25, -0.2) is 0 Å². The molecule has 34 heavy (non-hydrogen) atoms. The summed E-state index contributed by atoms with van der Waals surface area (Å²) in [5.74, 6) is 0.00450. The van der Waals surface area contributed by atoms with E-state index in [1.807, 2.05) is 61.5 Å². The third-order valence-corrected chi connectivity index (χ3v) is 6.12. The molecule has 166 valence electrons. The van der Waals surface area contributed by atoms with E-state index in [0.717, 1.165) is 34.5 Å². The summed E-state index contributed by atoms with van der Waals surface area (Å²) in [6, 6.07) is 36.9. The van der Waals surface area contributed by atoms with Crippen LogP contribution in [0.2, 0.25) is 0 Å². The van der Waals surface area contributed by atoms with Crippen molar-refractivity contribution in [1.29, 1.82) is 0 Å². The zero-order valence-electron chi connectivity index (χ0n) is 19.1. The molecule has 0 aliphatic carbocycles. The van der Waals surface area contributed by atoms with Crippen LogP contribution in [0.25, 0.3) is 6.08 Å². The third-order valence-electron chi connectivity index (χ3n) is 6.12. The zero-order chi connectivity index (χ0) is 23.3. The molecule has 5 rings (SSSR count). The molecule has 0 saturated heterocycles. The van der Waals surface area contributed by atoms with E-state index in [1.165, 1.54) is 5.56 Å². The highest BCUT2D eigenvalue weighted by Gasteiger charge is 2.29. The molecule has 0 saturated carbocycles. The van der Waals surface area contributed by atoms with Gasteiger partial charge in [0.15, 0.2) is 5.78 Å². The molecule has 3 heteroatoms. The predicted octanol–water partition coefficient (Wildman–Crippen LogP) is 7.25. The van der Waals surface area contributed by atoms with Crippen LogP contribution in [-0.4, -0.2) is 11.5 Å². The highest BCUT2D eigenvalue weighted by atomic mass is 16.1. The van der Waals surface area contributed by atoms with Gasteiger partial charge in [-0.15, -0.1) is 0 Å². The first kappa shape index (κ1) is 21.6. The fourth-order valence-electron chi connectivity index (χ4n) is 4.21. The van der Waals surface area contributed by atoms with E-state index >= 15 is 0 Å². The second kappa shape index (κ2) is 9.72. The van der Waals surface area contributed by atoms with Crippen molar-refractivity contribution in [2.45, 2.75) is 19.4 Å². The van der Waals surface area contributed by atoms with Crippen LogP contribution in [0.5, 0.6) is 0 Å². The second-order valence-electron chi connectivity index (χ2n) is 8.54. The quantitative estimate of drug-likeness (QED) is 0.233. The van der Waals surface area contributed by atoms with Crippen LogP contribution < -0.4 is 5.01 Å². The smallest absolute Gasteiger partial charge is 0.185 e. The third kappa shape index (κ3) is 4.74. The standard InChI is InChI=1S/C31H26N2O/c1-23-12-17-27(18-13-23)31(34)21-16-24-14-19-28(20-15-24)33-30(26-10-6-3-7-11-26)22-29(32-33)25-8-4-2-5-9-25/h2-21,30H,22H2,1H3/b21-16+/t30-/m1/s1. The molecule has 0 radical (unpaired) electrons. The Bertz CT molecular complexity index is 1320. The van der Waals surface area contributed by atoms with E-state index in [2.05, 4.69) is 65.7 Å². The van der Waals surface area contributed by atoms with Crippen LogP contribution in [0.15, 0.2) is 120 Å². The van der Waals surface area contributed by atoms with Crippen LogP contribution >= 0.6 is 0 Å². The number of rotatable bonds is 6.